The van der Waals surface area contributed by atoms with Gasteiger partial charge in [-0.05, 0) is 0 Å². The van der Waals surface area contributed by atoms with Gasteiger partial charge in [-0.1, -0.05) is 0 Å². The monoisotopic (exact) mass is 100 g/mol. The van der Waals surface area contributed by atoms with Gasteiger partial charge in [-0.2, -0.15) is 0 Å². The molecule has 0 N–H and O–H groups in total. The van der Waals surface area contributed by atoms with Crippen LogP contribution < -0.4 is 5.11 Å². The second kappa shape index (κ2) is 1.50. The molecule has 40 valence electrons. The molecule has 0 amide bonds. The van der Waals surface area contributed by atoms with Gasteiger partial charge in [0.1, 0.15) is 0 Å². The first kappa shape index (κ1) is 4.59. The summed E-state index contributed by atoms with van der Waals surface area (Å²) in [6.07, 6.45) is 0. The fraction of sp³-hybridized carbons (Fsp3) is 0.750. The minimum absolute atomic E-state index is 0.111. The normalized spacial score (nSPS) is 19.4. The van der Waals surface area contributed by atoms with Gasteiger partial charge >= 0.3 is 0 Å². The van der Waals surface area contributed by atoms with Crippen molar-refractivity contribution < 1.29 is 9.90 Å². The zero-order valence-corrected chi connectivity index (χ0v) is 3.89. The van der Waals surface area contributed by atoms with Gasteiger partial charge in [-0.25, -0.2) is 0 Å². The van der Waals surface area contributed by atoms with Crippen LogP contribution in [0, 0.1) is 0 Å². The topological polar surface area (TPSA) is 43.1 Å². The molecule has 1 aliphatic rings. The molecule has 7 heavy (non-hydrogen) atoms. The lowest BCUT2D eigenvalue weighted by Crippen LogP contribution is -2.29. The summed E-state index contributed by atoms with van der Waals surface area (Å²) in [7, 11) is 0. The average molecular weight is 100 g/mol. The molecule has 3 nitrogen and oxygen atoms in total. The van der Waals surface area contributed by atoms with Crippen LogP contribution in [-0.4, -0.2) is 30.5 Å². The Kier molecular flexibility index (Phi) is 0.982. The van der Waals surface area contributed by atoms with E-state index >= 15 is 0 Å². The van der Waals surface area contributed by atoms with Crippen LogP contribution in [0.4, 0.5) is 0 Å². The highest BCUT2D eigenvalue weighted by atomic mass is 16.4. The van der Waals surface area contributed by atoms with E-state index in [0.717, 1.165) is 13.1 Å². The number of carboxylic acid groups (broad SMARTS) is 1. The Morgan fingerprint density at radius 1 is 1.71 bits per heavy atom. The van der Waals surface area contributed by atoms with Crippen molar-refractivity contribution in [3.63, 3.8) is 0 Å². The van der Waals surface area contributed by atoms with Crippen molar-refractivity contribution in [3.05, 3.63) is 0 Å². The number of hydrogen-bond donors (Lipinski definition) is 0. The van der Waals surface area contributed by atoms with Gasteiger partial charge in [-0.3, -0.25) is 4.90 Å². The number of rotatable bonds is 2. The van der Waals surface area contributed by atoms with E-state index in [2.05, 4.69) is 0 Å². The third-order valence-electron chi connectivity index (χ3n) is 0.893. The Morgan fingerprint density at radius 3 is 2.43 bits per heavy atom. The van der Waals surface area contributed by atoms with Crippen molar-refractivity contribution in [1.82, 2.24) is 4.90 Å². The van der Waals surface area contributed by atoms with Gasteiger partial charge < -0.3 is 9.90 Å². The Hall–Kier alpha value is -0.570. The van der Waals surface area contributed by atoms with E-state index in [9.17, 15) is 9.90 Å². The number of nitrogens with zero attached hydrogens (tertiary/aromatic N) is 1. The third-order valence-corrected chi connectivity index (χ3v) is 0.893. The number of carbonyl (C=O) groups is 1. The van der Waals surface area contributed by atoms with Crippen LogP contribution in [0.15, 0.2) is 0 Å². The first-order chi connectivity index (χ1) is 3.29. The van der Waals surface area contributed by atoms with E-state index in [1.165, 1.54) is 0 Å². The van der Waals surface area contributed by atoms with Gasteiger partial charge in [0.15, 0.2) is 0 Å². The summed E-state index contributed by atoms with van der Waals surface area (Å²) in [6.45, 7) is 1.96. The van der Waals surface area contributed by atoms with E-state index in [0.29, 0.717) is 0 Å². The Balaban J connectivity index is 2.08. The highest BCUT2D eigenvalue weighted by Gasteiger charge is 2.15. The average Bonchev–Trinajstić information content (AvgIpc) is 2.17. The van der Waals surface area contributed by atoms with Crippen molar-refractivity contribution in [3.8, 4) is 0 Å². The highest BCUT2D eigenvalue weighted by Crippen LogP contribution is 1.99. The molecule has 1 heterocycles. The Morgan fingerprint density at radius 2 is 2.29 bits per heavy atom. The SMILES string of the molecule is O=C([O-])CN1CC1. The van der Waals surface area contributed by atoms with E-state index in [1.54, 1.807) is 4.90 Å². The first-order valence-corrected chi connectivity index (χ1v) is 2.21. The van der Waals surface area contributed by atoms with E-state index in [4.69, 9.17) is 0 Å². The fourth-order valence-electron chi connectivity index (χ4n) is 0.411. The zero-order valence-electron chi connectivity index (χ0n) is 3.89. The predicted octanol–water partition coefficient (Wildman–Crippen LogP) is -1.95. The maximum absolute atomic E-state index is 9.70. The number of hydrogen-bond acceptors (Lipinski definition) is 3. The fourth-order valence-corrected chi connectivity index (χ4v) is 0.411. The summed E-state index contributed by atoms with van der Waals surface area (Å²) in [5.74, 6) is -0.975. The minimum Gasteiger partial charge on any atom is -0.549 e. The Bertz CT molecular complexity index is 87.7. The molecule has 3 heteroatoms. The number of carboxylic acids is 1. The van der Waals surface area contributed by atoms with Crippen LogP contribution in [-0.2, 0) is 4.79 Å². The van der Waals surface area contributed by atoms with Crippen LogP contribution in [0.3, 0.4) is 0 Å². The molecular formula is C4H6NO2-. The molecule has 0 aromatic carbocycles. The van der Waals surface area contributed by atoms with Gasteiger partial charge in [-0.15, -0.1) is 0 Å². The van der Waals surface area contributed by atoms with Crippen molar-refractivity contribution in [2.24, 2.45) is 0 Å². The molecule has 0 radical (unpaired) electrons. The lowest BCUT2D eigenvalue weighted by atomic mass is 10.7. The molecular weight excluding hydrogens is 94.0 g/mol. The molecule has 0 atom stereocenters. The van der Waals surface area contributed by atoms with Crippen LogP contribution in [0.1, 0.15) is 0 Å². The quantitative estimate of drug-likeness (QED) is 0.379. The molecule has 1 rings (SSSR count). The molecule has 0 saturated carbocycles. The van der Waals surface area contributed by atoms with Crippen LogP contribution in [0.5, 0.6) is 0 Å². The summed E-state index contributed by atoms with van der Waals surface area (Å²) in [5, 5.41) is 9.70. The smallest absolute Gasteiger partial charge is 0.0555 e. The standard InChI is InChI=1S/C4H7NO2/c6-4(7)3-5-1-2-5/h1-3H2,(H,6,7)/p-1. The van der Waals surface area contributed by atoms with Crippen molar-refractivity contribution >= 4 is 5.97 Å². The molecule has 1 fully saturated rings. The van der Waals surface area contributed by atoms with Crippen molar-refractivity contribution in [2.75, 3.05) is 19.6 Å². The molecule has 0 spiro atoms. The summed E-state index contributed by atoms with van der Waals surface area (Å²) in [4.78, 5) is 11.5. The van der Waals surface area contributed by atoms with Crippen molar-refractivity contribution in [2.45, 2.75) is 0 Å². The molecule has 1 saturated heterocycles. The molecule has 0 aromatic rings. The molecule has 0 aliphatic carbocycles. The maximum atomic E-state index is 9.70. The lowest BCUT2D eigenvalue weighted by Gasteiger charge is -1.97. The first-order valence-electron chi connectivity index (χ1n) is 2.21. The second-order valence-corrected chi connectivity index (χ2v) is 1.65. The number of carbonyl (C=O) groups excluding carboxylic acids is 1. The van der Waals surface area contributed by atoms with Crippen LogP contribution in [0.2, 0.25) is 0 Å². The van der Waals surface area contributed by atoms with Crippen LogP contribution >= 0.6 is 0 Å². The summed E-state index contributed by atoms with van der Waals surface area (Å²) in [5.41, 5.74) is 0. The lowest BCUT2D eigenvalue weighted by molar-refractivity contribution is -0.305. The van der Waals surface area contributed by atoms with E-state index in [-0.39, 0.29) is 6.54 Å². The van der Waals surface area contributed by atoms with E-state index < -0.39 is 5.97 Å². The Labute approximate surface area is 41.5 Å². The largest absolute Gasteiger partial charge is 0.549 e. The van der Waals surface area contributed by atoms with Gasteiger partial charge in [0.05, 0.1) is 5.97 Å². The predicted molar refractivity (Wildman–Crippen MR) is 21.4 cm³/mol. The van der Waals surface area contributed by atoms with E-state index in [1.807, 2.05) is 0 Å². The molecule has 1 aliphatic heterocycles. The zero-order chi connectivity index (χ0) is 5.28. The van der Waals surface area contributed by atoms with Gasteiger partial charge in [0.2, 0.25) is 0 Å². The summed E-state index contributed by atoms with van der Waals surface area (Å²) in [6, 6.07) is 0. The van der Waals surface area contributed by atoms with Gasteiger partial charge in [0.25, 0.3) is 0 Å². The molecule has 0 aromatic heterocycles. The third kappa shape index (κ3) is 1.55. The second-order valence-electron chi connectivity index (χ2n) is 1.65. The number of aliphatic carboxylic acids is 1. The minimum atomic E-state index is -0.975. The van der Waals surface area contributed by atoms with Gasteiger partial charge in [0, 0.05) is 19.6 Å². The molecule has 0 bridgehead atoms. The van der Waals surface area contributed by atoms with Crippen LogP contribution in [0.25, 0.3) is 0 Å². The molecule has 0 unspecified atom stereocenters. The maximum Gasteiger partial charge on any atom is 0.0555 e. The highest BCUT2D eigenvalue weighted by molar-refractivity contribution is 5.66. The summed E-state index contributed by atoms with van der Waals surface area (Å²) >= 11 is 0. The summed E-state index contributed by atoms with van der Waals surface area (Å²) < 4.78 is 0. The van der Waals surface area contributed by atoms with Crippen molar-refractivity contribution in [1.29, 1.82) is 0 Å².